The molecule has 0 bridgehead atoms. The van der Waals surface area contributed by atoms with Gasteiger partial charge in [-0.25, -0.2) is 0 Å². The number of carboxylic acid groups (broad SMARTS) is 1. The van der Waals surface area contributed by atoms with Crippen molar-refractivity contribution in [1.29, 1.82) is 0 Å². The van der Waals surface area contributed by atoms with Gasteiger partial charge in [-0.2, -0.15) is 0 Å². The van der Waals surface area contributed by atoms with E-state index in [2.05, 4.69) is 0 Å². The van der Waals surface area contributed by atoms with Gasteiger partial charge in [0.25, 0.3) is 5.69 Å². The first kappa shape index (κ1) is 15.7. The molecule has 0 saturated carbocycles. The van der Waals surface area contributed by atoms with Crippen molar-refractivity contribution in [2.75, 3.05) is 6.54 Å². The summed E-state index contributed by atoms with van der Waals surface area (Å²) in [5.74, 6) is -0.756. The van der Waals surface area contributed by atoms with Gasteiger partial charge >= 0.3 is 5.97 Å². The summed E-state index contributed by atoms with van der Waals surface area (Å²) in [4.78, 5) is 23.5. The highest BCUT2D eigenvalue weighted by Crippen LogP contribution is 2.28. The molecular weight excluding hydrogens is 296 g/mol. The topological polar surface area (TPSA) is 83.7 Å². The van der Waals surface area contributed by atoms with Gasteiger partial charge in [0, 0.05) is 18.7 Å². The monoisotopic (exact) mass is 312 g/mol. The zero-order chi connectivity index (χ0) is 15.6. The van der Waals surface area contributed by atoms with E-state index in [1.165, 1.54) is 12.1 Å². The summed E-state index contributed by atoms with van der Waals surface area (Å²) in [6, 6.07) is 3.76. The number of carbonyl (C=O) groups is 1. The van der Waals surface area contributed by atoms with Crippen LogP contribution in [0, 0.1) is 16.0 Å². The molecule has 1 aromatic carbocycles. The number of hydrogen-bond acceptors (Lipinski definition) is 4. The molecule has 2 rings (SSSR count). The Kier molecular flexibility index (Phi) is 4.80. The Morgan fingerprint density at radius 3 is 2.86 bits per heavy atom. The number of non-ortho nitro benzene ring substituents is 1. The third-order valence-corrected chi connectivity index (χ3v) is 4.26. The molecule has 0 aromatic heterocycles. The second kappa shape index (κ2) is 6.41. The van der Waals surface area contributed by atoms with Crippen LogP contribution >= 0.6 is 11.6 Å². The van der Waals surface area contributed by atoms with Crippen LogP contribution in [0.25, 0.3) is 0 Å². The summed E-state index contributed by atoms with van der Waals surface area (Å²) in [5.41, 5.74) is 0.646. The highest BCUT2D eigenvalue weighted by molar-refractivity contribution is 6.31. The zero-order valence-corrected chi connectivity index (χ0v) is 12.4. The van der Waals surface area contributed by atoms with Gasteiger partial charge in [0.2, 0.25) is 0 Å². The largest absolute Gasteiger partial charge is 0.480 e. The third-order valence-electron chi connectivity index (χ3n) is 3.91. The molecule has 0 aliphatic carbocycles. The summed E-state index contributed by atoms with van der Waals surface area (Å²) in [5, 5.41) is 20.4. The quantitative estimate of drug-likeness (QED) is 0.682. The molecule has 6 nitrogen and oxygen atoms in total. The number of rotatable bonds is 4. The van der Waals surface area contributed by atoms with Crippen molar-refractivity contribution >= 4 is 23.3 Å². The fourth-order valence-electron chi connectivity index (χ4n) is 2.85. The lowest BCUT2D eigenvalue weighted by Crippen LogP contribution is -2.48. The van der Waals surface area contributed by atoms with Crippen molar-refractivity contribution in [3.63, 3.8) is 0 Å². The van der Waals surface area contributed by atoms with E-state index in [1.54, 1.807) is 6.07 Å². The van der Waals surface area contributed by atoms with Crippen LogP contribution in [0.1, 0.15) is 25.3 Å². The van der Waals surface area contributed by atoms with Crippen LogP contribution in [0.5, 0.6) is 0 Å². The van der Waals surface area contributed by atoms with Crippen molar-refractivity contribution in [2.24, 2.45) is 5.92 Å². The normalized spacial score (nSPS) is 23.0. The fourth-order valence-corrected chi connectivity index (χ4v) is 3.08. The Morgan fingerprint density at radius 1 is 1.57 bits per heavy atom. The molecule has 0 radical (unpaired) electrons. The van der Waals surface area contributed by atoms with E-state index in [4.69, 9.17) is 11.6 Å². The highest BCUT2D eigenvalue weighted by Gasteiger charge is 2.34. The number of hydrogen-bond donors (Lipinski definition) is 1. The van der Waals surface area contributed by atoms with Crippen LogP contribution in [0.4, 0.5) is 5.69 Å². The smallest absolute Gasteiger partial charge is 0.321 e. The van der Waals surface area contributed by atoms with Crippen LogP contribution in [0.15, 0.2) is 18.2 Å². The minimum absolute atomic E-state index is 0.0643. The second-order valence-electron chi connectivity index (χ2n) is 5.41. The first-order valence-electron chi connectivity index (χ1n) is 6.80. The average Bonchev–Trinajstić information content (AvgIpc) is 2.40. The van der Waals surface area contributed by atoms with Gasteiger partial charge in [0.1, 0.15) is 6.04 Å². The molecule has 1 N–H and O–H groups in total. The molecule has 2 atom stereocenters. The summed E-state index contributed by atoms with van der Waals surface area (Å²) in [6.07, 6.45) is 1.83. The summed E-state index contributed by atoms with van der Waals surface area (Å²) in [6.45, 7) is 3.01. The maximum absolute atomic E-state index is 11.4. The van der Waals surface area contributed by atoms with Crippen LogP contribution in [-0.4, -0.2) is 33.5 Å². The minimum atomic E-state index is -0.833. The number of nitro benzene ring substituents is 1. The lowest BCUT2D eigenvalue weighted by Gasteiger charge is -2.37. The standard InChI is InChI=1S/C14H17ClN2O4/c1-9-3-2-6-16(13(9)14(18)19)8-10-4-5-11(17(20)21)7-12(10)15/h4-5,7,9,13H,2-3,6,8H2,1H3,(H,18,19). The molecule has 1 saturated heterocycles. The second-order valence-corrected chi connectivity index (χ2v) is 5.81. The number of carboxylic acids is 1. The summed E-state index contributed by atoms with van der Waals surface area (Å²) >= 11 is 6.08. The molecule has 7 heteroatoms. The van der Waals surface area contributed by atoms with E-state index < -0.39 is 16.9 Å². The van der Waals surface area contributed by atoms with Crippen molar-refractivity contribution in [3.05, 3.63) is 38.9 Å². The number of benzene rings is 1. The van der Waals surface area contributed by atoms with Crippen molar-refractivity contribution in [1.82, 2.24) is 4.90 Å². The van der Waals surface area contributed by atoms with E-state index in [-0.39, 0.29) is 11.6 Å². The Labute approximate surface area is 127 Å². The lowest BCUT2D eigenvalue weighted by atomic mass is 9.90. The molecule has 21 heavy (non-hydrogen) atoms. The molecular formula is C14H17ClN2O4. The Bertz CT molecular complexity index is 564. The van der Waals surface area contributed by atoms with Gasteiger partial charge in [-0.05, 0) is 36.9 Å². The number of likely N-dealkylation sites (tertiary alicyclic amines) is 1. The van der Waals surface area contributed by atoms with Gasteiger partial charge < -0.3 is 5.11 Å². The first-order valence-corrected chi connectivity index (χ1v) is 7.17. The Morgan fingerprint density at radius 2 is 2.29 bits per heavy atom. The maximum atomic E-state index is 11.4. The molecule has 1 aliphatic rings. The molecule has 114 valence electrons. The zero-order valence-electron chi connectivity index (χ0n) is 11.7. The molecule has 2 unspecified atom stereocenters. The minimum Gasteiger partial charge on any atom is -0.480 e. The molecule has 0 spiro atoms. The van der Waals surface area contributed by atoms with E-state index in [9.17, 15) is 20.0 Å². The van der Waals surface area contributed by atoms with Crippen LogP contribution in [0.3, 0.4) is 0 Å². The SMILES string of the molecule is CC1CCCN(Cc2ccc([N+](=O)[O-])cc2Cl)C1C(=O)O. The van der Waals surface area contributed by atoms with E-state index in [1.807, 2.05) is 11.8 Å². The lowest BCUT2D eigenvalue weighted by molar-refractivity contribution is -0.384. The number of piperidine rings is 1. The van der Waals surface area contributed by atoms with Crippen LogP contribution in [-0.2, 0) is 11.3 Å². The molecule has 1 aliphatic heterocycles. The highest BCUT2D eigenvalue weighted by atomic mass is 35.5. The van der Waals surface area contributed by atoms with Gasteiger partial charge in [-0.3, -0.25) is 19.8 Å². The number of aliphatic carboxylic acids is 1. The van der Waals surface area contributed by atoms with Gasteiger partial charge in [0.15, 0.2) is 0 Å². The van der Waals surface area contributed by atoms with Crippen molar-refractivity contribution in [3.8, 4) is 0 Å². The maximum Gasteiger partial charge on any atom is 0.321 e. The van der Waals surface area contributed by atoms with E-state index in [0.29, 0.717) is 23.7 Å². The first-order chi connectivity index (χ1) is 9.90. The predicted molar refractivity (Wildman–Crippen MR) is 78.3 cm³/mol. The Balaban J connectivity index is 2.20. The fraction of sp³-hybridized carbons (Fsp3) is 0.500. The molecule has 1 heterocycles. The number of nitro groups is 1. The summed E-state index contributed by atoms with van der Waals surface area (Å²) in [7, 11) is 0. The Hall–Kier alpha value is -1.66. The predicted octanol–water partition coefficient (Wildman–Crippen LogP) is 2.93. The van der Waals surface area contributed by atoms with Crippen LogP contribution < -0.4 is 0 Å². The van der Waals surface area contributed by atoms with E-state index in [0.717, 1.165) is 12.8 Å². The van der Waals surface area contributed by atoms with Crippen molar-refractivity contribution in [2.45, 2.75) is 32.4 Å². The number of nitrogens with zero attached hydrogens (tertiary/aromatic N) is 2. The van der Waals surface area contributed by atoms with Gasteiger partial charge in [-0.15, -0.1) is 0 Å². The van der Waals surface area contributed by atoms with Gasteiger partial charge in [-0.1, -0.05) is 18.5 Å². The molecule has 1 aromatic rings. The molecule has 1 fully saturated rings. The average molecular weight is 313 g/mol. The molecule has 0 amide bonds. The van der Waals surface area contributed by atoms with Crippen molar-refractivity contribution < 1.29 is 14.8 Å². The third kappa shape index (κ3) is 3.51. The van der Waals surface area contributed by atoms with Gasteiger partial charge in [0.05, 0.1) is 9.95 Å². The summed E-state index contributed by atoms with van der Waals surface area (Å²) < 4.78 is 0. The number of halogens is 1. The van der Waals surface area contributed by atoms with E-state index >= 15 is 0 Å². The van der Waals surface area contributed by atoms with Crippen LogP contribution in [0.2, 0.25) is 5.02 Å².